The minimum Gasteiger partial charge on any atom is -0.317 e. The third-order valence-corrected chi connectivity index (χ3v) is 1.73. The average Bonchev–Trinajstić information content (AvgIpc) is 2.37. The summed E-state index contributed by atoms with van der Waals surface area (Å²) in [7, 11) is 0. The Bertz CT molecular complexity index is 188. The summed E-state index contributed by atoms with van der Waals surface area (Å²) in [6.45, 7) is 0. The van der Waals surface area contributed by atoms with Gasteiger partial charge in [-0.3, -0.25) is 4.79 Å². The highest BCUT2D eigenvalue weighted by atomic mass is 79.9. The summed E-state index contributed by atoms with van der Waals surface area (Å²) in [6, 6.07) is 1.26. The second kappa shape index (κ2) is 4.60. The molecule has 55 valence electrons. The summed E-state index contributed by atoms with van der Waals surface area (Å²) < 4.78 is 0. The quantitative estimate of drug-likeness (QED) is 0.820. The molecule has 1 aromatic heterocycles. The zero-order chi connectivity index (χ0) is 6.69. The van der Waals surface area contributed by atoms with Crippen LogP contribution in [0, 0.1) is 0 Å². The molecule has 0 spiro atoms. The van der Waals surface area contributed by atoms with Crippen LogP contribution in [0.2, 0.25) is 0 Å². The standard InChI is InChI=1S/C6H6NOS.BrH/c7-6(3-8)5-1-2-9-4-5;/h1-2,4,6H,7H2;1H. The van der Waals surface area contributed by atoms with Crippen molar-refractivity contribution in [2.24, 2.45) is 5.73 Å². The fourth-order valence-electron chi connectivity index (χ4n) is 0.520. The first-order valence-electron chi connectivity index (χ1n) is 2.50. The van der Waals surface area contributed by atoms with Crippen molar-refractivity contribution in [2.45, 2.75) is 6.04 Å². The van der Waals surface area contributed by atoms with E-state index in [0.717, 1.165) is 5.56 Å². The summed E-state index contributed by atoms with van der Waals surface area (Å²) >= 11 is 1.52. The van der Waals surface area contributed by atoms with Crippen LogP contribution in [0.1, 0.15) is 11.6 Å². The first kappa shape index (κ1) is 9.81. The van der Waals surface area contributed by atoms with E-state index in [9.17, 15) is 4.79 Å². The van der Waals surface area contributed by atoms with Crippen LogP contribution in [0.4, 0.5) is 0 Å². The lowest BCUT2D eigenvalue weighted by atomic mass is 10.2. The number of halogens is 1. The maximum absolute atomic E-state index is 9.96. The molecular formula is C6H7BrNOS. The summed E-state index contributed by atoms with van der Waals surface area (Å²) in [6.07, 6.45) is 1.70. The van der Waals surface area contributed by atoms with Gasteiger partial charge in [0, 0.05) is 0 Å². The number of carbonyl (C=O) groups excluding carboxylic acids is 1. The van der Waals surface area contributed by atoms with Crippen LogP contribution >= 0.6 is 28.3 Å². The fourth-order valence-corrected chi connectivity index (χ4v) is 1.22. The molecule has 2 nitrogen and oxygen atoms in total. The van der Waals surface area contributed by atoms with Crippen molar-refractivity contribution in [3.05, 3.63) is 22.4 Å². The molecule has 4 heteroatoms. The Hall–Kier alpha value is -0.190. The highest BCUT2D eigenvalue weighted by Gasteiger charge is 2.02. The first-order valence-corrected chi connectivity index (χ1v) is 3.44. The van der Waals surface area contributed by atoms with Crippen molar-refractivity contribution in [3.8, 4) is 0 Å². The number of rotatable bonds is 2. The molecule has 1 unspecified atom stereocenters. The van der Waals surface area contributed by atoms with Gasteiger partial charge in [0.25, 0.3) is 0 Å². The van der Waals surface area contributed by atoms with Crippen LogP contribution in [-0.2, 0) is 4.79 Å². The molecule has 1 atom stereocenters. The van der Waals surface area contributed by atoms with Gasteiger partial charge in [0.15, 0.2) is 0 Å². The van der Waals surface area contributed by atoms with Gasteiger partial charge in [-0.2, -0.15) is 11.3 Å². The van der Waals surface area contributed by atoms with Gasteiger partial charge in [0.2, 0.25) is 6.29 Å². The minimum atomic E-state index is -0.559. The largest absolute Gasteiger partial charge is 0.317 e. The van der Waals surface area contributed by atoms with E-state index in [1.807, 2.05) is 16.8 Å². The molecule has 2 N–H and O–H groups in total. The molecular weight excluding hydrogens is 214 g/mol. The first-order chi connectivity index (χ1) is 4.34. The molecule has 0 saturated heterocycles. The van der Waals surface area contributed by atoms with E-state index in [1.165, 1.54) is 11.3 Å². The van der Waals surface area contributed by atoms with Crippen LogP contribution in [0.25, 0.3) is 0 Å². The zero-order valence-corrected chi connectivity index (χ0v) is 7.64. The minimum absolute atomic E-state index is 0. The Morgan fingerprint density at radius 1 is 1.70 bits per heavy atom. The molecule has 0 saturated carbocycles. The summed E-state index contributed by atoms with van der Waals surface area (Å²) in [5.41, 5.74) is 6.16. The van der Waals surface area contributed by atoms with E-state index < -0.39 is 6.04 Å². The molecule has 1 heterocycles. The van der Waals surface area contributed by atoms with Crippen LogP contribution in [0.5, 0.6) is 0 Å². The van der Waals surface area contributed by atoms with Gasteiger partial charge in [-0.1, -0.05) is 0 Å². The van der Waals surface area contributed by atoms with E-state index in [-0.39, 0.29) is 17.0 Å². The van der Waals surface area contributed by atoms with Crippen LogP contribution in [-0.4, -0.2) is 6.29 Å². The molecule has 0 aliphatic rings. The molecule has 10 heavy (non-hydrogen) atoms. The molecule has 0 aliphatic carbocycles. The van der Waals surface area contributed by atoms with Crippen molar-refractivity contribution in [1.29, 1.82) is 0 Å². The van der Waals surface area contributed by atoms with Gasteiger partial charge in [-0.25, -0.2) is 0 Å². The molecule has 0 fully saturated rings. The fraction of sp³-hybridized carbons (Fsp3) is 0.167. The second-order valence-corrected chi connectivity index (χ2v) is 2.43. The van der Waals surface area contributed by atoms with Gasteiger partial charge in [0.05, 0.1) is 6.04 Å². The van der Waals surface area contributed by atoms with Gasteiger partial charge in [-0.05, 0) is 22.4 Å². The molecule has 0 bridgehead atoms. The van der Waals surface area contributed by atoms with Gasteiger partial charge in [0.1, 0.15) is 0 Å². The smallest absolute Gasteiger partial charge is 0.221 e. The number of nitrogens with two attached hydrogens (primary N) is 1. The van der Waals surface area contributed by atoms with E-state index >= 15 is 0 Å². The van der Waals surface area contributed by atoms with E-state index in [1.54, 1.807) is 6.29 Å². The number of hydrogen-bond donors (Lipinski definition) is 1. The van der Waals surface area contributed by atoms with Gasteiger partial charge in [-0.15, -0.1) is 17.0 Å². The normalized spacial score (nSPS) is 11.7. The maximum Gasteiger partial charge on any atom is 0.221 e. The van der Waals surface area contributed by atoms with E-state index in [2.05, 4.69) is 0 Å². The van der Waals surface area contributed by atoms with Crippen molar-refractivity contribution < 1.29 is 4.79 Å². The summed E-state index contributed by atoms with van der Waals surface area (Å²) in [5, 5.41) is 3.72. The summed E-state index contributed by atoms with van der Waals surface area (Å²) in [5.74, 6) is 0. The lowest BCUT2D eigenvalue weighted by Crippen LogP contribution is -2.09. The molecule has 0 aromatic carbocycles. The van der Waals surface area contributed by atoms with Crippen LogP contribution in [0.15, 0.2) is 16.8 Å². The predicted molar refractivity (Wildman–Crippen MR) is 47.3 cm³/mol. The van der Waals surface area contributed by atoms with Crippen molar-refractivity contribution >= 4 is 34.6 Å². The maximum atomic E-state index is 9.96. The Kier molecular flexibility index (Phi) is 4.51. The molecule has 0 aliphatic heterocycles. The van der Waals surface area contributed by atoms with Crippen molar-refractivity contribution in [3.63, 3.8) is 0 Å². The lowest BCUT2D eigenvalue weighted by Gasteiger charge is -1.94. The Morgan fingerprint density at radius 3 is 2.80 bits per heavy atom. The number of hydrogen-bond acceptors (Lipinski definition) is 3. The monoisotopic (exact) mass is 220 g/mol. The highest BCUT2D eigenvalue weighted by Crippen LogP contribution is 2.11. The Balaban J connectivity index is 0.000000810. The van der Waals surface area contributed by atoms with Crippen LogP contribution < -0.4 is 5.73 Å². The Labute approximate surface area is 73.8 Å². The number of thiophene rings is 1. The van der Waals surface area contributed by atoms with E-state index in [0.29, 0.717) is 0 Å². The highest BCUT2D eigenvalue weighted by molar-refractivity contribution is 8.93. The lowest BCUT2D eigenvalue weighted by molar-refractivity contribution is 0.544. The SMILES string of the molecule is Br.NC([C]=O)c1ccsc1. The third-order valence-electron chi connectivity index (χ3n) is 1.03. The molecule has 0 amide bonds. The third kappa shape index (κ3) is 2.21. The molecule has 1 rings (SSSR count). The van der Waals surface area contributed by atoms with Gasteiger partial charge < -0.3 is 5.73 Å². The van der Waals surface area contributed by atoms with E-state index in [4.69, 9.17) is 5.73 Å². The van der Waals surface area contributed by atoms with Crippen molar-refractivity contribution in [1.82, 2.24) is 0 Å². The summed E-state index contributed by atoms with van der Waals surface area (Å²) in [4.78, 5) is 9.96. The van der Waals surface area contributed by atoms with Gasteiger partial charge >= 0.3 is 0 Å². The van der Waals surface area contributed by atoms with Crippen molar-refractivity contribution in [2.75, 3.05) is 0 Å². The zero-order valence-electron chi connectivity index (χ0n) is 5.11. The Morgan fingerprint density at radius 2 is 2.40 bits per heavy atom. The predicted octanol–water partition coefficient (Wildman–Crippen LogP) is 1.44. The molecule has 1 aromatic rings. The van der Waals surface area contributed by atoms with Crippen LogP contribution in [0.3, 0.4) is 0 Å². The molecule has 1 radical (unpaired) electrons. The topological polar surface area (TPSA) is 43.1 Å². The average molecular weight is 221 g/mol. The second-order valence-electron chi connectivity index (χ2n) is 1.65.